The zero-order valence-electron chi connectivity index (χ0n) is 16.1. The van der Waals surface area contributed by atoms with Gasteiger partial charge in [-0.05, 0) is 42.5 Å². The van der Waals surface area contributed by atoms with E-state index in [0.717, 1.165) is 6.42 Å². The summed E-state index contributed by atoms with van der Waals surface area (Å²) in [5.41, 5.74) is 3.73. The second kappa shape index (κ2) is 9.44. The Morgan fingerprint density at radius 2 is 1.86 bits per heavy atom. The number of thiophene rings is 1. The molecule has 5 heteroatoms. The van der Waals surface area contributed by atoms with Crippen LogP contribution >= 0.6 is 11.3 Å². The fraction of sp³-hybridized carbons (Fsp3) is 0.217. The van der Waals surface area contributed by atoms with Crippen molar-refractivity contribution in [3.05, 3.63) is 87.6 Å². The number of amides is 1. The molecule has 1 heterocycles. The lowest BCUT2D eigenvalue weighted by Gasteiger charge is -2.15. The third-order valence-corrected chi connectivity index (χ3v) is 5.64. The number of aryl methyl sites for hydroxylation is 1. The predicted molar refractivity (Wildman–Crippen MR) is 114 cm³/mol. The van der Waals surface area contributed by atoms with Crippen LogP contribution in [-0.2, 0) is 11.2 Å². The lowest BCUT2D eigenvalue weighted by molar-refractivity contribution is -0.675. The van der Waals surface area contributed by atoms with Crippen LogP contribution in [0.4, 0.5) is 5.69 Å². The van der Waals surface area contributed by atoms with Crippen molar-refractivity contribution < 1.29 is 14.9 Å². The van der Waals surface area contributed by atoms with Crippen LogP contribution in [0, 0.1) is 0 Å². The molecule has 144 valence electrons. The van der Waals surface area contributed by atoms with Crippen LogP contribution in [0.25, 0.3) is 0 Å². The molecule has 1 atom stereocenters. The number of quaternary nitrogens is 1. The molecule has 0 radical (unpaired) electrons. The van der Waals surface area contributed by atoms with E-state index in [0.29, 0.717) is 17.8 Å². The normalized spacial score (nSPS) is 11.8. The minimum atomic E-state index is -0.0903. The second-order valence-electron chi connectivity index (χ2n) is 6.71. The molecule has 0 unspecified atom stereocenters. The van der Waals surface area contributed by atoms with Crippen molar-refractivity contribution in [1.82, 2.24) is 0 Å². The maximum absolute atomic E-state index is 12.5. The molecule has 3 rings (SSSR count). The Hall–Kier alpha value is -2.76. The van der Waals surface area contributed by atoms with Gasteiger partial charge in [-0.15, -0.1) is 11.3 Å². The molecule has 0 saturated heterocycles. The van der Waals surface area contributed by atoms with Gasteiger partial charge in [0.05, 0.1) is 4.88 Å². The van der Waals surface area contributed by atoms with Crippen LogP contribution in [0.1, 0.15) is 46.3 Å². The van der Waals surface area contributed by atoms with E-state index >= 15 is 0 Å². The number of hydrogen-bond acceptors (Lipinski definition) is 3. The molecule has 1 aromatic heterocycles. The summed E-state index contributed by atoms with van der Waals surface area (Å²) >= 11 is 1.70. The van der Waals surface area contributed by atoms with E-state index in [4.69, 9.17) is 0 Å². The molecule has 0 saturated carbocycles. The molecule has 0 aliphatic rings. The number of ketones is 1. The van der Waals surface area contributed by atoms with Crippen molar-refractivity contribution in [1.29, 1.82) is 0 Å². The van der Waals surface area contributed by atoms with Gasteiger partial charge in [0.2, 0.25) is 0 Å². The van der Waals surface area contributed by atoms with Crippen LogP contribution in [0.3, 0.4) is 0 Å². The van der Waals surface area contributed by atoms with Gasteiger partial charge in [0.1, 0.15) is 6.04 Å². The van der Waals surface area contributed by atoms with E-state index in [9.17, 15) is 9.59 Å². The highest BCUT2D eigenvalue weighted by Gasteiger charge is 2.20. The lowest BCUT2D eigenvalue weighted by atomic mass is 10.0. The third kappa shape index (κ3) is 5.15. The molecule has 2 aromatic carbocycles. The van der Waals surface area contributed by atoms with Crippen molar-refractivity contribution in [2.24, 2.45) is 0 Å². The average molecular weight is 394 g/mol. The first-order chi connectivity index (χ1) is 13.6. The number of Topliss-reactive ketones (excluding diaryl/α,β-unsaturated/α-hetero) is 1. The maximum Gasteiger partial charge on any atom is 0.279 e. The summed E-state index contributed by atoms with van der Waals surface area (Å²) in [5, 5.41) is 7.00. The molecule has 0 aliphatic carbocycles. The Labute approximate surface area is 169 Å². The van der Waals surface area contributed by atoms with Gasteiger partial charge in [-0.25, -0.2) is 0 Å². The fourth-order valence-corrected chi connectivity index (χ4v) is 3.95. The molecule has 0 aliphatic heterocycles. The first kappa shape index (κ1) is 20.0. The van der Waals surface area contributed by atoms with E-state index in [1.165, 1.54) is 22.9 Å². The third-order valence-electron chi connectivity index (χ3n) is 4.69. The van der Waals surface area contributed by atoms with Crippen LogP contribution in [0.15, 0.2) is 66.0 Å². The molecular weight excluding hydrogens is 368 g/mol. The number of rotatable bonds is 8. The molecule has 3 aromatic rings. The van der Waals surface area contributed by atoms with Gasteiger partial charge in [0, 0.05) is 16.8 Å². The Morgan fingerprint density at radius 1 is 1.07 bits per heavy atom. The molecule has 3 N–H and O–H groups in total. The van der Waals surface area contributed by atoms with Crippen LogP contribution in [0.5, 0.6) is 0 Å². The van der Waals surface area contributed by atoms with Crippen molar-refractivity contribution in [3.8, 4) is 0 Å². The van der Waals surface area contributed by atoms with Gasteiger partial charge in [0.15, 0.2) is 12.3 Å². The Bertz CT molecular complexity index is 934. The Balaban J connectivity index is 1.68. The summed E-state index contributed by atoms with van der Waals surface area (Å²) in [7, 11) is 0. The minimum Gasteiger partial charge on any atom is -0.328 e. The van der Waals surface area contributed by atoms with Crippen molar-refractivity contribution in [3.63, 3.8) is 0 Å². The Kier molecular flexibility index (Phi) is 6.74. The molecule has 1 amide bonds. The molecule has 0 bridgehead atoms. The molecule has 28 heavy (non-hydrogen) atoms. The van der Waals surface area contributed by atoms with E-state index in [1.54, 1.807) is 35.6 Å². The monoisotopic (exact) mass is 393 g/mol. The number of carbonyl (C=O) groups excluding carboxylic acids is 2. The van der Waals surface area contributed by atoms with Gasteiger partial charge in [-0.2, -0.15) is 0 Å². The molecule has 0 fully saturated rings. The first-order valence-electron chi connectivity index (χ1n) is 9.43. The number of anilines is 1. The van der Waals surface area contributed by atoms with Gasteiger partial charge >= 0.3 is 0 Å². The van der Waals surface area contributed by atoms with E-state index in [1.807, 2.05) is 6.07 Å². The van der Waals surface area contributed by atoms with Crippen molar-refractivity contribution in [2.45, 2.75) is 26.3 Å². The zero-order chi connectivity index (χ0) is 19.9. The van der Waals surface area contributed by atoms with Gasteiger partial charge in [-0.1, -0.05) is 49.4 Å². The highest BCUT2D eigenvalue weighted by molar-refractivity contribution is 7.10. The topological polar surface area (TPSA) is 62.8 Å². The highest BCUT2D eigenvalue weighted by atomic mass is 32.1. The number of benzene rings is 2. The summed E-state index contributed by atoms with van der Waals surface area (Å²) in [6, 6.07) is 19.8. The SMILES string of the molecule is CCc1ccc([C@@H]([NH2+]CC(=O)Nc2cccc(C(C)=O)c2)c2cccs2)cc1. The van der Waals surface area contributed by atoms with Gasteiger partial charge < -0.3 is 10.6 Å². The average Bonchev–Trinajstić information content (AvgIpc) is 3.23. The summed E-state index contributed by atoms with van der Waals surface area (Å²) in [6.45, 7) is 3.95. The molecule has 0 spiro atoms. The van der Waals surface area contributed by atoms with Crippen molar-refractivity contribution >= 4 is 28.7 Å². The van der Waals surface area contributed by atoms with E-state index < -0.39 is 0 Å². The van der Waals surface area contributed by atoms with Crippen LogP contribution in [-0.4, -0.2) is 18.2 Å². The minimum absolute atomic E-state index is 0.0176. The summed E-state index contributed by atoms with van der Waals surface area (Å²) in [5.74, 6) is -0.108. The largest absolute Gasteiger partial charge is 0.328 e. The zero-order valence-corrected chi connectivity index (χ0v) is 17.0. The first-order valence-corrected chi connectivity index (χ1v) is 10.3. The summed E-state index contributed by atoms with van der Waals surface area (Å²) in [6.07, 6.45) is 1.01. The van der Waals surface area contributed by atoms with Crippen LogP contribution in [0.2, 0.25) is 0 Å². The number of carbonyl (C=O) groups is 2. The smallest absolute Gasteiger partial charge is 0.279 e. The summed E-state index contributed by atoms with van der Waals surface area (Å²) in [4.78, 5) is 25.2. The standard InChI is InChI=1S/C23H24N2O2S/c1-3-17-9-11-18(12-10-17)23(21-8-5-13-28-21)24-15-22(27)25-20-7-4-6-19(14-20)16(2)26/h4-14,23-24H,3,15H2,1-2H3,(H,25,27)/p+1/t23-/m1/s1. The van der Waals surface area contributed by atoms with Crippen molar-refractivity contribution in [2.75, 3.05) is 11.9 Å². The molecular formula is C23H25N2O2S+. The predicted octanol–water partition coefficient (Wildman–Crippen LogP) is 3.80. The fourth-order valence-electron chi connectivity index (χ4n) is 3.10. The molecule has 4 nitrogen and oxygen atoms in total. The van der Waals surface area contributed by atoms with Gasteiger partial charge in [-0.3, -0.25) is 9.59 Å². The highest BCUT2D eigenvalue weighted by Crippen LogP contribution is 2.23. The maximum atomic E-state index is 12.5. The number of nitrogens with two attached hydrogens (primary N) is 1. The second-order valence-corrected chi connectivity index (χ2v) is 7.69. The number of hydrogen-bond donors (Lipinski definition) is 2. The van der Waals surface area contributed by atoms with Gasteiger partial charge in [0.25, 0.3) is 5.91 Å². The summed E-state index contributed by atoms with van der Waals surface area (Å²) < 4.78 is 0. The Morgan fingerprint density at radius 3 is 2.50 bits per heavy atom. The quantitative estimate of drug-likeness (QED) is 0.572. The lowest BCUT2D eigenvalue weighted by Crippen LogP contribution is -2.87. The van der Waals surface area contributed by atoms with Crippen LogP contribution < -0.4 is 10.6 Å². The van der Waals surface area contributed by atoms with E-state index in [2.05, 4.69) is 53.3 Å². The number of nitrogens with one attached hydrogen (secondary N) is 1. The van der Waals surface area contributed by atoms with E-state index in [-0.39, 0.29) is 17.7 Å².